The topological polar surface area (TPSA) is 26.3 Å². The lowest BCUT2D eigenvalue weighted by Gasteiger charge is -1.85. The molecular weight excluding hydrogens is 183 g/mol. The Morgan fingerprint density at radius 2 is 1.91 bits per heavy atom. The lowest BCUT2D eigenvalue weighted by molar-refractivity contribution is 0.423. The molecular formula is C7H7ClO2P+. The van der Waals surface area contributed by atoms with Gasteiger partial charge in [-0.25, -0.2) is 0 Å². The van der Waals surface area contributed by atoms with E-state index in [4.69, 9.17) is 11.6 Å². The fourth-order valence-corrected chi connectivity index (χ4v) is 1.40. The number of benzene rings is 1. The maximum absolute atomic E-state index is 11.0. The summed E-state index contributed by atoms with van der Waals surface area (Å²) in [6.07, 6.45) is 0. The van der Waals surface area contributed by atoms with E-state index in [1.807, 2.05) is 0 Å². The van der Waals surface area contributed by atoms with Gasteiger partial charge in [-0.3, -0.25) is 0 Å². The van der Waals surface area contributed by atoms with Crippen molar-refractivity contribution in [2.45, 2.75) is 0 Å². The van der Waals surface area contributed by atoms with E-state index < -0.39 is 8.03 Å². The molecule has 0 radical (unpaired) electrons. The first-order valence-electron chi connectivity index (χ1n) is 3.01. The molecule has 0 fully saturated rings. The van der Waals surface area contributed by atoms with Crippen molar-refractivity contribution in [2.24, 2.45) is 0 Å². The number of hydrogen-bond donors (Lipinski definition) is 0. The highest BCUT2D eigenvalue weighted by molar-refractivity contribution is 7.48. The molecule has 1 unspecified atom stereocenters. The minimum absolute atomic E-state index is 0.633. The maximum atomic E-state index is 11.0. The summed E-state index contributed by atoms with van der Waals surface area (Å²) in [7, 11) is -0.284. The van der Waals surface area contributed by atoms with E-state index in [9.17, 15) is 4.57 Å². The molecule has 0 saturated carbocycles. The summed E-state index contributed by atoms with van der Waals surface area (Å²) in [5, 5.41) is 1.29. The van der Waals surface area contributed by atoms with Crippen molar-refractivity contribution in [3.8, 4) is 0 Å². The van der Waals surface area contributed by atoms with Crippen molar-refractivity contribution in [3.63, 3.8) is 0 Å². The average molecular weight is 190 g/mol. The van der Waals surface area contributed by atoms with Crippen LogP contribution < -0.4 is 5.30 Å². The molecule has 0 aliphatic rings. The molecule has 1 aromatic rings. The number of rotatable bonds is 2. The first kappa shape index (κ1) is 8.66. The summed E-state index contributed by atoms with van der Waals surface area (Å²) in [6.45, 7) is 0. The van der Waals surface area contributed by atoms with Crippen LogP contribution in [0.25, 0.3) is 0 Å². The van der Waals surface area contributed by atoms with Gasteiger partial charge < -0.3 is 0 Å². The van der Waals surface area contributed by atoms with Crippen LogP contribution in [0.5, 0.6) is 0 Å². The molecule has 0 amide bonds. The third-order valence-electron chi connectivity index (χ3n) is 1.20. The van der Waals surface area contributed by atoms with Gasteiger partial charge in [0.15, 0.2) is 0 Å². The van der Waals surface area contributed by atoms with Crippen molar-refractivity contribution in [1.82, 2.24) is 0 Å². The van der Waals surface area contributed by atoms with E-state index in [2.05, 4.69) is 4.52 Å². The zero-order chi connectivity index (χ0) is 8.27. The molecule has 0 spiro atoms. The predicted molar refractivity (Wildman–Crippen MR) is 45.7 cm³/mol. The van der Waals surface area contributed by atoms with Crippen LogP contribution in [-0.2, 0) is 9.09 Å². The molecule has 11 heavy (non-hydrogen) atoms. The summed E-state index contributed by atoms with van der Waals surface area (Å²) in [4.78, 5) is 0. The van der Waals surface area contributed by atoms with Gasteiger partial charge in [0, 0.05) is 5.02 Å². The summed E-state index contributed by atoms with van der Waals surface area (Å²) in [5.41, 5.74) is 0. The van der Waals surface area contributed by atoms with Crippen molar-refractivity contribution in [2.75, 3.05) is 7.11 Å². The summed E-state index contributed by atoms with van der Waals surface area (Å²) < 4.78 is 15.6. The number of hydrogen-bond acceptors (Lipinski definition) is 2. The van der Waals surface area contributed by atoms with E-state index in [1.54, 1.807) is 24.3 Å². The van der Waals surface area contributed by atoms with Gasteiger partial charge in [-0.05, 0) is 28.8 Å². The maximum Gasteiger partial charge on any atom is 0.548 e. The lowest BCUT2D eigenvalue weighted by atomic mass is 10.4. The molecule has 0 bridgehead atoms. The van der Waals surface area contributed by atoms with Crippen LogP contribution in [-0.4, -0.2) is 7.11 Å². The molecule has 0 N–H and O–H groups in total. The molecule has 0 aromatic heterocycles. The third-order valence-corrected chi connectivity index (χ3v) is 2.51. The minimum atomic E-state index is -1.69. The van der Waals surface area contributed by atoms with E-state index >= 15 is 0 Å². The van der Waals surface area contributed by atoms with Crippen molar-refractivity contribution in [3.05, 3.63) is 29.3 Å². The Morgan fingerprint density at radius 3 is 2.36 bits per heavy atom. The zero-order valence-electron chi connectivity index (χ0n) is 5.95. The number of halogens is 1. The normalized spacial score (nSPS) is 11.3. The molecule has 1 aromatic carbocycles. The first-order chi connectivity index (χ1) is 5.24. The Balaban J connectivity index is 2.90. The van der Waals surface area contributed by atoms with Crippen LogP contribution >= 0.6 is 19.6 Å². The largest absolute Gasteiger partial charge is 0.548 e. The van der Waals surface area contributed by atoms with Gasteiger partial charge in [0.25, 0.3) is 0 Å². The van der Waals surface area contributed by atoms with Gasteiger partial charge in [-0.2, -0.15) is 0 Å². The van der Waals surface area contributed by atoms with Gasteiger partial charge in [0.05, 0.1) is 7.11 Å². The molecule has 0 aliphatic carbocycles. The highest BCUT2D eigenvalue weighted by Crippen LogP contribution is 2.20. The second-order valence-electron chi connectivity index (χ2n) is 1.92. The van der Waals surface area contributed by atoms with Crippen molar-refractivity contribution < 1.29 is 9.09 Å². The first-order valence-corrected chi connectivity index (χ1v) is 4.56. The average Bonchev–Trinajstić information content (AvgIpc) is 2.05. The Morgan fingerprint density at radius 1 is 1.36 bits per heavy atom. The summed E-state index contributed by atoms with van der Waals surface area (Å²) >= 11 is 5.62. The molecule has 0 saturated heterocycles. The van der Waals surface area contributed by atoms with E-state index in [0.29, 0.717) is 10.3 Å². The standard InChI is InChI=1S/C7H7ClO2P/c1-10-11(9)7-4-2-6(8)3-5-7/h2-5H,1H3/q+1. The second kappa shape index (κ2) is 3.82. The van der Waals surface area contributed by atoms with Crippen molar-refractivity contribution in [1.29, 1.82) is 0 Å². The minimum Gasteiger partial charge on any atom is -0.145 e. The van der Waals surface area contributed by atoms with Crippen LogP contribution in [0.4, 0.5) is 0 Å². The van der Waals surface area contributed by atoms with Gasteiger partial charge in [0.1, 0.15) is 0 Å². The Kier molecular flexibility index (Phi) is 3.01. The molecule has 1 atom stereocenters. The monoisotopic (exact) mass is 189 g/mol. The molecule has 4 heteroatoms. The van der Waals surface area contributed by atoms with Gasteiger partial charge >= 0.3 is 8.03 Å². The SMILES string of the molecule is CO[P+](=O)c1ccc(Cl)cc1. The van der Waals surface area contributed by atoms with Crippen molar-refractivity contribution >= 4 is 24.9 Å². The molecule has 0 aliphatic heterocycles. The lowest BCUT2D eigenvalue weighted by Crippen LogP contribution is -1.94. The highest BCUT2D eigenvalue weighted by atomic mass is 35.5. The molecule has 1 rings (SSSR count). The Hall–Kier alpha value is -0.430. The van der Waals surface area contributed by atoms with Gasteiger partial charge in [-0.15, -0.1) is 4.52 Å². The fourth-order valence-electron chi connectivity index (χ4n) is 0.668. The quantitative estimate of drug-likeness (QED) is 0.668. The third kappa shape index (κ3) is 2.26. The summed E-state index contributed by atoms with van der Waals surface area (Å²) in [5.74, 6) is 0. The van der Waals surface area contributed by atoms with E-state index in [0.717, 1.165) is 0 Å². The zero-order valence-corrected chi connectivity index (χ0v) is 7.60. The van der Waals surface area contributed by atoms with E-state index in [1.165, 1.54) is 7.11 Å². The van der Waals surface area contributed by atoms with Crippen LogP contribution in [0.2, 0.25) is 5.02 Å². The van der Waals surface area contributed by atoms with Crippen LogP contribution in [0.1, 0.15) is 0 Å². The Bertz CT molecular complexity index is 258. The highest BCUT2D eigenvalue weighted by Gasteiger charge is 2.18. The predicted octanol–water partition coefficient (Wildman–Crippen LogP) is 2.35. The fraction of sp³-hybridized carbons (Fsp3) is 0.143. The van der Waals surface area contributed by atoms with Gasteiger partial charge in [-0.1, -0.05) is 11.6 Å². The van der Waals surface area contributed by atoms with Crippen LogP contribution in [0.3, 0.4) is 0 Å². The second-order valence-corrected chi connectivity index (χ2v) is 3.75. The smallest absolute Gasteiger partial charge is 0.145 e. The van der Waals surface area contributed by atoms with Crippen LogP contribution in [0, 0.1) is 0 Å². The Labute approximate surface area is 71.0 Å². The van der Waals surface area contributed by atoms with Gasteiger partial charge in [0.2, 0.25) is 5.30 Å². The van der Waals surface area contributed by atoms with Crippen LogP contribution in [0.15, 0.2) is 24.3 Å². The summed E-state index contributed by atoms with van der Waals surface area (Å²) in [6, 6.07) is 6.74. The molecule has 58 valence electrons. The molecule has 0 heterocycles. The van der Waals surface area contributed by atoms with E-state index in [-0.39, 0.29) is 0 Å². The molecule has 2 nitrogen and oxygen atoms in total.